The van der Waals surface area contributed by atoms with Crippen molar-refractivity contribution in [1.29, 1.82) is 0 Å². The van der Waals surface area contributed by atoms with Gasteiger partial charge in [0, 0.05) is 65.6 Å². The van der Waals surface area contributed by atoms with Crippen LogP contribution in [0.2, 0.25) is 0 Å². The summed E-state index contributed by atoms with van der Waals surface area (Å²) < 4.78 is 50.4. The quantitative estimate of drug-likeness (QED) is 0.157. The average molecular weight is 658 g/mol. The Balaban J connectivity index is 1.33. The summed E-state index contributed by atoms with van der Waals surface area (Å²) in [4.78, 5) is 22.7. The number of thioether (sulfide) groups is 1. The maximum atomic E-state index is 13.2. The molecule has 0 aliphatic carbocycles. The van der Waals surface area contributed by atoms with Gasteiger partial charge in [-0.1, -0.05) is 25.1 Å². The number of halogens is 3. The lowest BCUT2D eigenvalue weighted by molar-refractivity contribution is -0.139. The molecule has 1 aliphatic rings. The molecule has 0 amide bonds. The fourth-order valence-corrected chi connectivity index (χ4v) is 7.22. The molecule has 4 aromatic rings. The second-order valence-electron chi connectivity index (χ2n) is 10.5. The maximum absolute atomic E-state index is 13.2. The van der Waals surface area contributed by atoms with Crippen LogP contribution in [0.3, 0.4) is 0 Å². The number of benzene rings is 3. The minimum Gasteiger partial charge on any atom is -0.497 e. The van der Waals surface area contributed by atoms with Gasteiger partial charge in [-0.15, -0.1) is 23.1 Å². The van der Waals surface area contributed by atoms with E-state index in [4.69, 9.17) is 19.6 Å². The lowest BCUT2D eigenvalue weighted by Gasteiger charge is -2.36. The van der Waals surface area contributed by atoms with Crippen molar-refractivity contribution in [3.8, 4) is 22.1 Å². The highest BCUT2D eigenvalue weighted by Gasteiger charge is 2.30. The molecular formula is C33H34F3N3O4S2. The molecule has 12 heteroatoms. The Labute approximate surface area is 268 Å². The molecule has 45 heavy (non-hydrogen) atoms. The highest BCUT2D eigenvalue weighted by atomic mass is 32.2. The summed E-state index contributed by atoms with van der Waals surface area (Å²) in [6.45, 7) is 5.62. The molecule has 5 rings (SSSR count). The number of aromatic nitrogens is 1. The Morgan fingerprint density at radius 3 is 2.47 bits per heavy atom. The molecule has 1 N–H and O–H groups in total. The zero-order valence-corrected chi connectivity index (χ0v) is 26.6. The summed E-state index contributed by atoms with van der Waals surface area (Å²) in [5.41, 5.74) is 2.94. The van der Waals surface area contributed by atoms with Gasteiger partial charge >= 0.3 is 12.1 Å². The maximum Gasteiger partial charge on any atom is 0.416 e. The van der Waals surface area contributed by atoms with E-state index in [-0.39, 0.29) is 0 Å². The molecule has 0 saturated carbocycles. The third-order valence-electron chi connectivity index (χ3n) is 7.54. The Bertz CT molecular complexity index is 1600. The number of piperazine rings is 1. The number of aryl methyl sites for hydroxylation is 1. The van der Waals surface area contributed by atoms with Gasteiger partial charge in [-0.2, -0.15) is 13.2 Å². The minimum atomic E-state index is -4.40. The van der Waals surface area contributed by atoms with Crippen LogP contribution >= 0.6 is 23.1 Å². The van der Waals surface area contributed by atoms with Crippen molar-refractivity contribution in [3.63, 3.8) is 0 Å². The van der Waals surface area contributed by atoms with Crippen LogP contribution in [0.25, 0.3) is 10.6 Å². The van der Waals surface area contributed by atoms with Crippen LogP contribution in [0.5, 0.6) is 11.5 Å². The Morgan fingerprint density at radius 2 is 1.80 bits per heavy atom. The molecule has 3 aromatic carbocycles. The molecule has 1 saturated heterocycles. The molecule has 1 aromatic heterocycles. The first-order valence-electron chi connectivity index (χ1n) is 14.5. The highest BCUT2D eigenvalue weighted by molar-refractivity contribution is 7.98. The van der Waals surface area contributed by atoms with E-state index in [0.29, 0.717) is 35.0 Å². The molecule has 0 unspecified atom stereocenters. The van der Waals surface area contributed by atoms with Crippen LogP contribution < -0.4 is 14.4 Å². The molecule has 0 radical (unpaired) electrons. The number of methoxy groups -OCH3 is 1. The Hall–Kier alpha value is -3.74. The summed E-state index contributed by atoms with van der Waals surface area (Å²) in [5, 5.41) is 9.66. The second kappa shape index (κ2) is 14.6. The smallest absolute Gasteiger partial charge is 0.416 e. The van der Waals surface area contributed by atoms with E-state index in [1.54, 1.807) is 24.9 Å². The van der Waals surface area contributed by atoms with Gasteiger partial charge in [0.05, 0.1) is 18.4 Å². The number of alkyl halides is 3. The fourth-order valence-electron chi connectivity index (χ4n) is 5.08. The zero-order chi connectivity index (χ0) is 32.0. The van der Waals surface area contributed by atoms with Crippen LogP contribution in [0.1, 0.15) is 28.6 Å². The van der Waals surface area contributed by atoms with Gasteiger partial charge in [0.1, 0.15) is 16.5 Å². The number of rotatable bonds is 12. The van der Waals surface area contributed by atoms with E-state index in [2.05, 4.69) is 15.9 Å². The third-order valence-corrected chi connectivity index (χ3v) is 9.89. The predicted molar refractivity (Wildman–Crippen MR) is 172 cm³/mol. The first-order chi connectivity index (χ1) is 21.6. The molecular weight excluding hydrogens is 624 g/mol. The normalized spacial score (nSPS) is 14.0. The van der Waals surface area contributed by atoms with Crippen LogP contribution in [0.4, 0.5) is 18.9 Å². The number of carboxylic acid groups (broad SMARTS) is 1. The van der Waals surface area contributed by atoms with E-state index in [9.17, 15) is 18.0 Å². The number of hydrogen-bond donors (Lipinski definition) is 1. The van der Waals surface area contributed by atoms with E-state index in [0.717, 1.165) is 70.8 Å². The van der Waals surface area contributed by atoms with Gasteiger partial charge in [0.25, 0.3) is 0 Å². The molecule has 1 fully saturated rings. The first kappa shape index (κ1) is 32.6. The first-order valence-corrected chi connectivity index (χ1v) is 16.3. The van der Waals surface area contributed by atoms with Crippen LogP contribution in [-0.2, 0) is 29.7 Å². The number of thiazole rings is 1. The topological polar surface area (TPSA) is 75.1 Å². The van der Waals surface area contributed by atoms with Crippen molar-refractivity contribution in [3.05, 3.63) is 88.4 Å². The van der Waals surface area contributed by atoms with E-state index in [1.807, 2.05) is 37.3 Å². The van der Waals surface area contributed by atoms with Gasteiger partial charge in [-0.05, 0) is 54.4 Å². The largest absolute Gasteiger partial charge is 0.497 e. The van der Waals surface area contributed by atoms with Crippen molar-refractivity contribution in [2.45, 2.75) is 36.7 Å². The number of carbonyl (C=O) groups is 1. The molecule has 0 atom stereocenters. The molecule has 238 valence electrons. The minimum absolute atomic E-state index is 0.399. The molecule has 0 bridgehead atoms. The number of ether oxygens (including phenoxy) is 2. The Morgan fingerprint density at radius 1 is 1.04 bits per heavy atom. The van der Waals surface area contributed by atoms with Crippen molar-refractivity contribution in [2.75, 3.05) is 44.8 Å². The van der Waals surface area contributed by atoms with Crippen molar-refractivity contribution >= 4 is 34.8 Å². The number of anilines is 1. The summed E-state index contributed by atoms with van der Waals surface area (Å²) in [7, 11) is 1.66. The lowest BCUT2D eigenvalue weighted by Crippen LogP contribution is -2.46. The summed E-state index contributed by atoms with van der Waals surface area (Å²) >= 11 is 3.14. The van der Waals surface area contributed by atoms with Crippen molar-refractivity contribution in [2.24, 2.45) is 0 Å². The van der Waals surface area contributed by atoms with Crippen LogP contribution in [0.15, 0.2) is 71.6 Å². The molecule has 1 aliphatic heterocycles. The van der Waals surface area contributed by atoms with Crippen LogP contribution in [0, 0.1) is 0 Å². The van der Waals surface area contributed by atoms with E-state index >= 15 is 0 Å². The van der Waals surface area contributed by atoms with Crippen molar-refractivity contribution < 1.29 is 32.5 Å². The zero-order valence-electron chi connectivity index (χ0n) is 25.0. The van der Waals surface area contributed by atoms with Gasteiger partial charge in [0.15, 0.2) is 6.61 Å². The number of hydrogen-bond acceptors (Lipinski definition) is 8. The van der Waals surface area contributed by atoms with E-state index < -0.39 is 24.3 Å². The number of aliphatic carboxylic acids is 1. The van der Waals surface area contributed by atoms with Gasteiger partial charge in [-0.25, -0.2) is 9.78 Å². The third kappa shape index (κ3) is 8.50. The summed E-state index contributed by atoms with van der Waals surface area (Å²) in [6.07, 6.45) is -3.71. The van der Waals surface area contributed by atoms with E-state index in [1.165, 1.54) is 23.5 Å². The Kier molecular flexibility index (Phi) is 10.6. The highest BCUT2D eigenvalue weighted by Crippen LogP contribution is 2.37. The molecule has 2 heterocycles. The van der Waals surface area contributed by atoms with Gasteiger partial charge in [0.2, 0.25) is 0 Å². The monoisotopic (exact) mass is 657 g/mol. The summed E-state index contributed by atoms with van der Waals surface area (Å²) in [5.74, 6) is 0.985. The number of carboxylic acids is 1. The lowest BCUT2D eigenvalue weighted by atomic mass is 10.1. The standard InChI is InChI=1S/C33H34F3N3O4S2/c1-3-22-17-27(11-12-29(22)43-20-31(40)41)44-21-30-28(37-32(45-30)23-7-9-24(10-8-23)33(34,35)36)19-38-13-15-39(16-14-38)25-5-4-6-26(18-25)42-2/h4-12,17-18H,3,13-16,19-21H2,1-2H3,(H,40,41). The van der Waals surface area contributed by atoms with Crippen LogP contribution in [-0.4, -0.2) is 60.9 Å². The summed E-state index contributed by atoms with van der Waals surface area (Å²) in [6, 6.07) is 18.9. The number of nitrogens with zero attached hydrogens (tertiary/aromatic N) is 3. The second-order valence-corrected chi connectivity index (χ2v) is 12.7. The van der Waals surface area contributed by atoms with Crippen molar-refractivity contribution in [1.82, 2.24) is 9.88 Å². The van der Waals surface area contributed by atoms with Gasteiger partial charge in [-0.3, -0.25) is 4.90 Å². The fraction of sp³-hybridized carbons (Fsp3) is 0.333. The molecule has 7 nitrogen and oxygen atoms in total. The molecule has 0 spiro atoms. The van der Waals surface area contributed by atoms with Gasteiger partial charge < -0.3 is 19.5 Å². The predicted octanol–water partition coefficient (Wildman–Crippen LogP) is 7.48. The SMILES string of the molecule is CCc1cc(SCc2sc(-c3ccc(C(F)(F)F)cc3)nc2CN2CCN(c3cccc(OC)c3)CC2)ccc1OCC(=O)O. The average Bonchev–Trinajstić information content (AvgIpc) is 3.45.